The van der Waals surface area contributed by atoms with E-state index in [0.717, 1.165) is 0 Å². The molecule has 0 spiro atoms. The number of hydrogen-bond donors (Lipinski definition) is 1. The Morgan fingerprint density at radius 1 is 1.00 bits per heavy atom. The summed E-state index contributed by atoms with van der Waals surface area (Å²) >= 11 is 5.74. The molecule has 0 fully saturated rings. The Kier molecular flexibility index (Phi) is 3.96. The second-order valence-corrected chi connectivity index (χ2v) is 4.44. The first-order valence-corrected chi connectivity index (χ1v) is 5.96. The molecule has 1 N–H and O–H groups in total. The molecule has 0 atom stereocenters. The molecule has 1 radical (unpaired) electrons. The Labute approximate surface area is 119 Å². The van der Waals surface area contributed by atoms with Crippen LogP contribution in [0.25, 0.3) is 0 Å². The average molecular weight is 288 g/mol. The van der Waals surface area contributed by atoms with Crippen molar-refractivity contribution >= 4 is 29.6 Å². The number of rotatable bonds is 4. The van der Waals surface area contributed by atoms with Gasteiger partial charge in [-0.05, 0) is 42.5 Å². The highest BCUT2D eigenvalue weighted by Gasteiger charge is 2.16. The average Bonchev–Trinajstić information content (AvgIpc) is 2.46. The molecular weight excluding hydrogens is 280 g/mol. The van der Waals surface area contributed by atoms with Gasteiger partial charge in [-0.1, -0.05) is 11.6 Å². The number of halogens is 1. The molecule has 0 saturated carbocycles. The van der Waals surface area contributed by atoms with Gasteiger partial charge in [0, 0.05) is 21.7 Å². The maximum Gasteiger partial charge on any atom is 0.335 e. The van der Waals surface area contributed by atoms with Gasteiger partial charge < -0.3 is 5.11 Å². The predicted molar refractivity (Wildman–Crippen MR) is 73.1 cm³/mol. The summed E-state index contributed by atoms with van der Waals surface area (Å²) in [5, 5.41) is 9.41. The normalized spacial score (nSPS) is 10.1. The van der Waals surface area contributed by atoms with E-state index in [9.17, 15) is 14.4 Å². The zero-order chi connectivity index (χ0) is 14.7. The van der Waals surface area contributed by atoms with E-state index in [1.165, 1.54) is 30.3 Å². The first kappa shape index (κ1) is 14.0. The monoisotopic (exact) mass is 287 g/mol. The molecule has 0 aliphatic carbocycles. The van der Waals surface area contributed by atoms with Crippen LogP contribution in [0.1, 0.15) is 31.8 Å². The highest BCUT2D eigenvalue weighted by Crippen LogP contribution is 2.17. The van der Waals surface area contributed by atoms with Crippen molar-refractivity contribution in [3.05, 3.63) is 69.7 Å². The lowest BCUT2D eigenvalue weighted by molar-refractivity contribution is 0.0697. The van der Waals surface area contributed by atoms with Gasteiger partial charge in [-0.25, -0.2) is 4.79 Å². The minimum absolute atomic E-state index is 0.00206. The van der Waals surface area contributed by atoms with Crippen molar-refractivity contribution in [1.29, 1.82) is 0 Å². The van der Waals surface area contributed by atoms with Gasteiger partial charge in [-0.3, -0.25) is 9.59 Å². The molecule has 0 aliphatic rings. The molecule has 5 heteroatoms. The lowest BCUT2D eigenvalue weighted by Gasteiger charge is -2.05. The van der Waals surface area contributed by atoms with Gasteiger partial charge in [-0.2, -0.15) is 0 Å². The third-order valence-corrected chi connectivity index (χ3v) is 2.98. The Balaban J connectivity index is 2.52. The molecule has 0 heterocycles. The van der Waals surface area contributed by atoms with Crippen LogP contribution in [0, 0.1) is 0 Å². The fourth-order valence-electron chi connectivity index (χ4n) is 1.71. The maximum atomic E-state index is 12.3. The molecule has 20 heavy (non-hydrogen) atoms. The predicted octanol–water partition coefficient (Wildman–Crippen LogP) is 2.73. The van der Waals surface area contributed by atoms with Crippen LogP contribution in [-0.4, -0.2) is 23.1 Å². The van der Waals surface area contributed by atoms with Crippen LogP contribution in [0.5, 0.6) is 0 Å². The lowest BCUT2D eigenvalue weighted by Crippen LogP contribution is -2.08. The zero-order valence-electron chi connectivity index (χ0n) is 10.1. The van der Waals surface area contributed by atoms with Gasteiger partial charge in [0.1, 0.15) is 0 Å². The Bertz CT molecular complexity index is 690. The molecule has 2 aromatic rings. The second kappa shape index (κ2) is 5.67. The Morgan fingerprint density at radius 2 is 1.60 bits per heavy atom. The lowest BCUT2D eigenvalue weighted by atomic mass is 9.97. The summed E-state index contributed by atoms with van der Waals surface area (Å²) in [5.41, 5.74) is 0.270. The highest BCUT2D eigenvalue weighted by molar-refractivity contribution is 6.30. The van der Waals surface area contributed by atoms with Gasteiger partial charge in [0.15, 0.2) is 5.78 Å². The molecule has 0 aromatic heterocycles. The van der Waals surface area contributed by atoms with E-state index in [2.05, 4.69) is 0 Å². The van der Waals surface area contributed by atoms with Crippen LogP contribution >= 0.6 is 11.6 Å². The van der Waals surface area contributed by atoms with Crippen molar-refractivity contribution in [3.8, 4) is 0 Å². The molecule has 0 aliphatic heterocycles. The number of carbonyl (C=O) groups is 2. The molecule has 4 nitrogen and oxygen atoms in total. The third kappa shape index (κ3) is 2.75. The van der Waals surface area contributed by atoms with E-state index in [1.54, 1.807) is 18.4 Å². The summed E-state index contributed by atoms with van der Waals surface area (Å²) in [6.45, 7) is 0. The summed E-state index contributed by atoms with van der Waals surface area (Å²) in [5.74, 6) is -1.63. The molecule has 0 bridgehead atoms. The Morgan fingerprint density at radius 3 is 2.15 bits per heavy atom. The third-order valence-electron chi connectivity index (χ3n) is 2.73. The number of carboxylic acids is 1. The van der Waals surface area contributed by atoms with E-state index in [4.69, 9.17) is 16.7 Å². The van der Waals surface area contributed by atoms with Gasteiger partial charge in [-0.15, -0.1) is 0 Å². The molecular formula is C15H8ClO4. The van der Waals surface area contributed by atoms with Crippen molar-refractivity contribution in [2.75, 3.05) is 0 Å². The summed E-state index contributed by atoms with van der Waals surface area (Å²) in [6.07, 6.45) is 1.63. The highest BCUT2D eigenvalue weighted by atomic mass is 35.5. The van der Waals surface area contributed by atoms with Crippen molar-refractivity contribution in [1.82, 2.24) is 0 Å². The maximum absolute atomic E-state index is 12.3. The molecule has 0 unspecified atom stereocenters. The molecule has 2 rings (SSSR count). The van der Waals surface area contributed by atoms with Crippen LogP contribution in [0.15, 0.2) is 42.5 Å². The molecule has 0 saturated heterocycles. The largest absolute Gasteiger partial charge is 0.478 e. The van der Waals surface area contributed by atoms with E-state index < -0.39 is 11.8 Å². The summed E-state index contributed by atoms with van der Waals surface area (Å²) in [7, 11) is 0. The number of ketones is 1. The van der Waals surface area contributed by atoms with Crippen LogP contribution in [0.3, 0.4) is 0 Å². The number of carboxylic acid groups (broad SMARTS) is 1. The van der Waals surface area contributed by atoms with E-state index in [0.29, 0.717) is 10.6 Å². The minimum Gasteiger partial charge on any atom is -0.478 e. The zero-order valence-corrected chi connectivity index (χ0v) is 10.8. The van der Waals surface area contributed by atoms with Gasteiger partial charge in [0.05, 0.1) is 5.56 Å². The van der Waals surface area contributed by atoms with Crippen molar-refractivity contribution in [2.45, 2.75) is 0 Å². The number of benzene rings is 2. The van der Waals surface area contributed by atoms with Crippen molar-refractivity contribution in [2.24, 2.45) is 0 Å². The van der Waals surface area contributed by atoms with E-state index in [-0.39, 0.29) is 16.7 Å². The Hall–Kier alpha value is -2.46. The topological polar surface area (TPSA) is 71.4 Å². The minimum atomic E-state index is -1.17. The standard InChI is InChI=1S/C15H8ClO4/c16-12-5-3-9(4-6-12)14(18)13-7-10(15(19)20)1-2-11(13)8-17/h1-7H,(H,19,20). The summed E-state index contributed by atoms with van der Waals surface area (Å²) in [4.78, 5) is 34.1. The molecule has 2 aromatic carbocycles. The number of hydrogen-bond acceptors (Lipinski definition) is 3. The quantitative estimate of drug-likeness (QED) is 0.878. The van der Waals surface area contributed by atoms with E-state index >= 15 is 0 Å². The SMILES string of the molecule is O=[C]c1ccc(C(=O)O)cc1C(=O)c1ccc(Cl)cc1. The van der Waals surface area contributed by atoms with Gasteiger partial charge >= 0.3 is 5.97 Å². The van der Waals surface area contributed by atoms with Gasteiger partial charge in [0.2, 0.25) is 6.29 Å². The summed E-state index contributed by atoms with van der Waals surface area (Å²) in [6, 6.07) is 9.78. The second-order valence-electron chi connectivity index (χ2n) is 4.00. The summed E-state index contributed by atoms with van der Waals surface area (Å²) < 4.78 is 0. The van der Waals surface area contributed by atoms with Crippen LogP contribution in [0.4, 0.5) is 0 Å². The number of aromatic carboxylic acids is 1. The fraction of sp³-hybridized carbons (Fsp3) is 0. The van der Waals surface area contributed by atoms with Crippen molar-refractivity contribution < 1.29 is 19.5 Å². The molecule has 0 amide bonds. The van der Waals surface area contributed by atoms with Gasteiger partial charge in [0.25, 0.3) is 0 Å². The van der Waals surface area contributed by atoms with Crippen LogP contribution < -0.4 is 0 Å². The fourth-order valence-corrected chi connectivity index (χ4v) is 1.84. The van der Waals surface area contributed by atoms with Crippen LogP contribution in [0.2, 0.25) is 5.02 Å². The first-order valence-electron chi connectivity index (χ1n) is 5.58. The van der Waals surface area contributed by atoms with Crippen LogP contribution in [-0.2, 0) is 4.79 Å². The first-order chi connectivity index (χ1) is 9.52. The van der Waals surface area contributed by atoms with Crippen molar-refractivity contribution in [3.63, 3.8) is 0 Å². The smallest absolute Gasteiger partial charge is 0.335 e. The molecule has 99 valence electrons. The number of carbonyl (C=O) groups excluding carboxylic acids is 2. The van der Waals surface area contributed by atoms with E-state index in [1.807, 2.05) is 0 Å².